The summed E-state index contributed by atoms with van der Waals surface area (Å²) in [5.74, 6) is 2.48. The van der Waals surface area contributed by atoms with Crippen LogP contribution < -0.4 is 4.74 Å². The second-order valence-corrected chi connectivity index (χ2v) is 14.4. The molecule has 1 spiro atoms. The van der Waals surface area contributed by atoms with Crippen molar-refractivity contribution in [3.8, 4) is 78.8 Å². The average Bonchev–Trinajstić information content (AvgIpc) is 3.56. The first-order chi connectivity index (χ1) is 27.7. The van der Waals surface area contributed by atoms with Crippen molar-refractivity contribution in [2.24, 2.45) is 0 Å². The largest absolute Gasteiger partial charge is 0.457 e. The predicted octanol–water partition coefficient (Wildman–Crippen LogP) is 12.7. The molecule has 0 atom stereocenters. The molecule has 11 rings (SSSR count). The third kappa shape index (κ3) is 5.04. The highest BCUT2D eigenvalue weighted by molar-refractivity contribution is 5.92. The molecule has 9 aromatic rings. The quantitative estimate of drug-likeness (QED) is 0.178. The molecule has 4 nitrogen and oxygen atoms in total. The zero-order chi connectivity index (χ0) is 37.1. The number of hydrogen-bond acceptors (Lipinski definition) is 4. The number of nitrogens with zero attached hydrogens (tertiary/aromatic N) is 3. The third-order valence-corrected chi connectivity index (χ3v) is 11.3. The minimum Gasteiger partial charge on any atom is -0.457 e. The zero-order valence-corrected chi connectivity index (χ0v) is 30.3. The van der Waals surface area contributed by atoms with E-state index in [9.17, 15) is 0 Å². The van der Waals surface area contributed by atoms with Crippen LogP contribution in [0.3, 0.4) is 0 Å². The Bertz CT molecular complexity index is 2820. The molecule has 0 N–H and O–H groups in total. The van der Waals surface area contributed by atoms with Crippen LogP contribution in [0.4, 0.5) is 0 Å². The van der Waals surface area contributed by atoms with Crippen molar-refractivity contribution in [3.05, 3.63) is 223 Å². The van der Waals surface area contributed by atoms with Crippen LogP contribution in [-0.4, -0.2) is 15.0 Å². The summed E-state index contributed by atoms with van der Waals surface area (Å²) < 4.78 is 6.58. The topological polar surface area (TPSA) is 47.9 Å². The minimum absolute atomic E-state index is 0.536. The summed E-state index contributed by atoms with van der Waals surface area (Å²) in [5, 5.41) is 0. The molecule has 1 aliphatic heterocycles. The summed E-state index contributed by atoms with van der Waals surface area (Å²) in [7, 11) is 0. The van der Waals surface area contributed by atoms with E-state index < -0.39 is 5.41 Å². The van der Waals surface area contributed by atoms with Crippen LogP contribution in [0.5, 0.6) is 11.5 Å². The highest BCUT2D eigenvalue weighted by atomic mass is 16.5. The van der Waals surface area contributed by atoms with Gasteiger partial charge >= 0.3 is 0 Å². The molecular weight excluding hydrogens is 683 g/mol. The Hall–Kier alpha value is -7.43. The third-order valence-electron chi connectivity index (χ3n) is 11.3. The molecule has 7 aromatic carbocycles. The van der Waals surface area contributed by atoms with Gasteiger partial charge in [0, 0.05) is 45.8 Å². The van der Waals surface area contributed by atoms with Gasteiger partial charge in [-0.3, -0.25) is 4.98 Å². The van der Waals surface area contributed by atoms with Gasteiger partial charge in [0.15, 0.2) is 5.82 Å². The Labute approximate surface area is 325 Å². The summed E-state index contributed by atoms with van der Waals surface area (Å²) in [6, 6.07) is 66.4. The summed E-state index contributed by atoms with van der Waals surface area (Å²) >= 11 is 0. The van der Waals surface area contributed by atoms with Crippen LogP contribution in [0.1, 0.15) is 22.3 Å². The van der Waals surface area contributed by atoms with E-state index >= 15 is 0 Å². The van der Waals surface area contributed by atoms with Crippen LogP contribution in [0.25, 0.3) is 67.3 Å². The monoisotopic (exact) mass is 715 g/mol. The predicted molar refractivity (Wildman–Crippen MR) is 224 cm³/mol. The molecule has 1 aliphatic carbocycles. The van der Waals surface area contributed by atoms with Gasteiger partial charge in [0.1, 0.15) is 11.5 Å². The number of benzene rings is 7. The fourth-order valence-electron chi connectivity index (χ4n) is 8.70. The molecule has 0 bridgehead atoms. The average molecular weight is 716 g/mol. The van der Waals surface area contributed by atoms with Crippen molar-refractivity contribution in [2.45, 2.75) is 5.41 Å². The molecule has 0 saturated carbocycles. The zero-order valence-electron chi connectivity index (χ0n) is 30.3. The molecule has 3 heterocycles. The smallest absolute Gasteiger partial charge is 0.160 e. The lowest BCUT2D eigenvalue weighted by atomic mass is 9.66. The highest BCUT2D eigenvalue weighted by Crippen LogP contribution is 2.62. The Morgan fingerprint density at radius 2 is 0.839 bits per heavy atom. The van der Waals surface area contributed by atoms with Crippen molar-refractivity contribution < 1.29 is 4.74 Å². The Kier molecular flexibility index (Phi) is 7.36. The van der Waals surface area contributed by atoms with Gasteiger partial charge in [-0.25, -0.2) is 9.97 Å². The minimum atomic E-state index is -0.536. The molecular formula is C52H33N3O. The van der Waals surface area contributed by atoms with E-state index in [-0.39, 0.29) is 0 Å². The van der Waals surface area contributed by atoms with Crippen molar-refractivity contribution in [1.29, 1.82) is 0 Å². The van der Waals surface area contributed by atoms with Crippen LogP contribution in [0, 0.1) is 0 Å². The second kappa shape index (κ2) is 12.9. The summed E-state index contributed by atoms with van der Waals surface area (Å²) in [6.07, 6.45) is 3.76. The molecule has 0 radical (unpaired) electrons. The van der Waals surface area contributed by atoms with Gasteiger partial charge in [-0.1, -0.05) is 152 Å². The van der Waals surface area contributed by atoms with E-state index in [0.29, 0.717) is 5.82 Å². The van der Waals surface area contributed by atoms with Crippen molar-refractivity contribution >= 4 is 0 Å². The fourth-order valence-corrected chi connectivity index (χ4v) is 8.70. The molecule has 56 heavy (non-hydrogen) atoms. The Balaban J connectivity index is 1.06. The van der Waals surface area contributed by atoms with Crippen molar-refractivity contribution in [2.75, 3.05) is 0 Å². The highest BCUT2D eigenvalue weighted by Gasteiger charge is 2.51. The molecule has 0 unspecified atom stereocenters. The Morgan fingerprint density at radius 1 is 0.357 bits per heavy atom. The summed E-state index contributed by atoms with van der Waals surface area (Å²) in [6.45, 7) is 0. The second-order valence-electron chi connectivity index (χ2n) is 14.4. The maximum Gasteiger partial charge on any atom is 0.160 e. The lowest BCUT2D eigenvalue weighted by Crippen LogP contribution is -2.32. The first-order valence-electron chi connectivity index (χ1n) is 18.9. The molecule has 0 saturated heterocycles. The van der Waals surface area contributed by atoms with E-state index in [1.165, 1.54) is 22.3 Å². The number of rotatable bonds is 5. The SMILES string of the molecule is c1ccc(-c2cc(-c3ccc(-c4ccc5c(c4)-c4cc(-c6cccnc6)ccc4C54c5ccccc5Oc5ccccc54)cc3)nc(-c3ccccc3)n2)cc1. The molecule has 2 aliphatic rings. The van der Waals surface area contributed by atoms with E-state index in [0.717, 1.165) is 73.0 Å². The van der Waals surface area contributed by atoms with Crippen LogP contribution in [0.15, 0.2) is 200 Å². The first kappa shape index (κ1) is 32.0. The fraction of sp³-hybridized carbons (Fsp3) is 0.0192. The van der Waals surface area contributed by atoms with Crippen molar-refractivity contribution in [1.82, 2.24) is 15.0 Å². The van der Waals surface area contributed by atoms with Crippen LogP contribution in [-0.2, 0) is 5.41 Å². The molecule has 262 valence electrons. The summed E-state index contributed by atoms with van der Waals surface area (Å²) in [5.41, 5.74) is 16.1. The van der Waals surface area contributed by atoms with Gasteiger partial charge in [0.25, 0.3) is 0 Å². The van der Waals surface area contributed by atoms with E-state index in [1.807, 2.05) is 54.9 Å². The van der Waals surface area contributed by atoms with Gasteiger partial charge in [0.2, 0.25) is 0 Å². The van der Waals surface area contributed by atoms with Gasteiger partial charge < -0.3 is 4.74 Å². The number of aromatic nitrogens is 3. The number of ether oxygens (including phenoxy) is 1. The van der Waals surface area contributed by atoms with Crippen LogP contribution in [0.2, 0.25) is 0 Å². The first-order valence-corrected chi connectivity index (χ1v) is 18.9. The molecule has 2 aromatic heterocycles. The van der Waals surface area contributed by atoms with Gasteiger partial charge in [-0.2, -0.15) is 0 Å². The normalized spacial score (nSPS) is 12.9. The number of para-hydroxylation sites is 2. The maximum absolute atomic E-state index is 6.58. The van der Waals surface area contributed by atoms with Gasteiger partial charge in [0.05, 0.1) is 16.8 Å². The number of fused-ring (bicyclic) bond motifs is 9. The van der Waals surface area contributed by atoms with Crippen molar-refractivity contribution in [3.63, 3.8) is 0 Å². The Morgan fingerprint density at radius 3 is 1.43 bits per heavy atom. The van der Waals surface area contributed by atoms with Gasteiger partial charge in [-0.05, 0) is 75.3 Å². The van der Waals surface area contributed by atoms with Crippen LogP contribution >= 0.6 is 0 Å². The van der Waals surface area contributed by atoms with E-state index in [1.54, 1.807) is 0 Å². The van der Waals surface area contributed by atoms with E-state index in [4.69, 9.17) is 14.7 Å². The van der Waals surface area contributed by atoms with E-state index in [2.05, 4.69) is 151 Å². The summed E-state index contributed by atoms with van der Waals surface area (Å²) in [4.78, 5) is 14.5. The molecule has 0 fully saturated rings. The lowest BCUT2D eigenvalue weighted by molar-refractivity contribution is 0.436. The number of pyridine rings is 1. The molecule has 4 heteroatoms. The van der Waals surface area contributed by atoms with Gasteiger partial charge in [-0.15, -0.1) is 0 Å². The number of hydrogen-bond donors (Lipinski definition) is 0. The lowest BCUT2D eigenvalue weighted by Gasteiger charge is -2.39. The standard InChI is InChI=1S/C52H33N3O/c1-3-12-35(13-4-1)47-32-48(55-51(54-47)37-14-5-2-6-15-37)36-23-21-34(22-24-36)38-25-27-43-41(30-38)42-31-39(40-16-11-29-53-33-40)26-28-44(42)52(43)45-17-7-9-19-49(45)56-50-20-10-8-18-46(50)52/h1-33H. The molecule has 0 amide bonds. The maximum atomic E-state index is 6.58.